The van der Waals surface area contributed by atoms with E-state index >= 15 is 0 Å². The van der Waals surface area contributed by atoms with Crippen molar-refractivity contribution in [3.8, 4) is 17.6 Å². The first-order valence-corrected chi connectivity index (χ1v) is 7.50. The Balaban J connectivity index is 1.46. The summed E-state index contributed by atoms with van der Waals surface area (Å²) < 4.78 is 10.9. The standard InChI is InChI=1S/C19H16N2O3/c1-14-8-9-16(13-21-14)23-11-5-4-10-20-19(22)18-12-15-6-2-3-7-17(15)24-18/h2-3,6-9,12-13H,10-11H2,1H3,(H,20,22). The number of fused-ring (bicyclic) bond motifs is 1. The molecule has 0 saturated heterocycles. The largest absolute Gasteiger partial charge is 0.479 e. The number of nitrogens with zero attached hydrogens (tertiary/aromatic N) is 1. The van der Waals surface area contributed by atoms with Gasteiger partial charge in [0.15, 0.2) is 5.76 Å². The van der Waals surface area contributed by atoms with Gasteiger partial charge < -0.3 is 14.5 Å². The van der Waals surface area contributed by atoms with Crippen molar-refractivity contribution in [2.45, 2.75) is 6.92 Å². The van der Waals surface area contributed by atoms with Crippen LogP contribution in [0.25, 0.3) is 11.0 Å². The van der Waals surface area contributed by atoms with Crippen LogP contribution in [0.2, 0.25) is 0 Å². The number of para-hydroxylation sites is 1. The maximum atomic E-state index is 12.0. The first-order valence-electron chi connectivity index (χ1n) is 7.50. The minimum Gasteiger partial charge on any atom is -0.479 e. The fourth-order valence-corrected chi connectivity index (χ4v) is 2.08. The van der Waals surface area contributed by atoms with Crippen LogP contribution in [-0.4, -0.2) is 24.0 Å². The highest BCUT2D eigenvalue weighted by Gasteiger charge is 2.10. The van der Waals surface area contributed by atoms with E-state index in [1.807, 2.05) is 43.3 Å². The number of furan rings is 1. The molecule has 1 N–H and O–H groups in total. The number of benzene rings is 1. The zero-order valence-electron chi connectivity index (χ0n) is 13.2. The number of hydrogen-bond donors (Lipinski definition) is 1. The zero-order chi connectivity index (χ0) is 16.8. The van der Waals surface area contributed by atoms with E-state index in [2.05, 4.69) is 22.1 Å². The van der Waals surface area contributed by atoms with Crippen LogP contribution in [0.5, 0.6) is 5.75 Å². The maximum absolute atomic E-state index is 12.0. The maximum Gasteiger partial charge on any atom is 0.287 e. The molecular weight excluding hydrogens is 304 g/mol. The number of aryl methyl sites for hydroxylation is 1. The van der Waals surface area contributed by atoms with Gasteiger partial charge in [0.2, 0.25) is 0 Å². The number of hydrogen-bond acceptors (Lipinski definition) is 4. The summed E-state index contributed by atoms with van der Waals surface area (Å²) in [5.74, 6) is 6.33. The van der Waals surface area contributed by atoms with Crippen molar-refractivity contribution < 1.29 is 13.9 Å². The lowest BCUT2D eigenvalue weighted by Crippen LogP contribution is -2.23. The van der Waals surface area contributed by atoms with Gasteiger partial charge in [0.05, 0.1) is 12.7 Å². The smallest absolute Gasteiger partial charge is 0.287 e. The molecule has 2 aromatic heterocycles. The minimum absolute atomic E-state index is 0.228. The quantitative estimate of drug-likeness (QED) is 0.751. The topological polar surface area (TPSA) is 64.4 Å². The lowest BCUT2D eigenvalue weighted by Gasteiger charge is -2.00. The average molecular weight is 320 g/mol. The number of carbonyl (C=O) groups is 1. The molecule has 0 aliphatic carbocycles. The van der Waals surface area contributed by atoms with Gasteiger partial charge in [-0.05, 0) is 31.2 Å². The summed E-state index contributed by atoms with van der Waals surface area (Å²) in [5.41, 5.74) is 1.62. The van der Waals surface area contributed by atoms with Gasteiger partial charge >= 0.3 is 0 Å². The van der Waals surface area contributed by atoms with Gasteiger partial charge in [-0.2, -0.15) is 0 Å². The molecule has 24 heavy (non-hydrogen) atoms. The Morgan fingerprint density at radius 2 is 2.12 bits per heavy atom. The van der Waals surface area contributed by atoms with Gasteiger partial charge in [-0.3, -0.25) is 9.78 Å². The summed E-state index contributed by atoms with van der Waals surface area (Å²) in [6.07, 6.45) is 1.65. The molecule has 3 aromatic rings. The lowest BCUT2D eigenvalue weighted by atomic mass is 10.2. The van der Waals surface area contributed by atoms with Gasteiger partial charge in [-0.1, -0.05) is 30.0 Å². The van der Waals surface area contributed by atoms with Gasteiger partial charge in [-0.15, -0.1) is 0 Å². The number of rotatable bonds is 4. The van der Waals surface area contributed by atoms with E-state index in [-0.39, 0.29) is 24.8 Å². The summed E-state index contributed by atoms with van der Waals surface area (Å²) >= 11 is 0. The number of carbonyl (C=O) groups excluding carboxylic acids is 1. The lowest BCUT2D eigenvalue weighted by molar-refractivity contribution is 0.0933. The van der Waals surface area contributed by atoms with Crippen molar-refractivity contribution in [3.05, 3.63) is 60.1 Å². The molecule has 0 saturated carbocycles. The molecule has 0 aliphatic heterocycles. The molecule has 0 fully saturated rings. The first kappa shape index (κ1) is 15.6. The molecule has 120 valence electrons. The molecule has 0 bridgehead atoms. The molecule has 3 rings (SSSR count). The fraction of sp³-hybridized carbons (Fsp3) is 0.158. The van der Waals surface area contributed by atoms with E-state index in [1.165, 1.54) is 0 Å². The molecule has 0 unspecified atom stereocenters. The predicted molar refractivity (Wildman–Crippen MR) is 90.8 cm³/mol. The third kappa shape index (κ3) is 3.93. The van der Waals surface area contributed by atoms with Gasteiger partial charge in [0, 0.05) is 11.1 Å². The van der Waals surface area contributed by atoms with E-state index in [9.17, 15) is 4.79 Å². The van der Waals surface area contributed by atoms with Crippen LogP contribution >= 0.6 is 0 Å². The number of amides is 1. The Kier molecular flexibility index (Phi) is 4.78. The molecular formula is C19H16N2O3. The SMILES string of the molecule is Cc1ccc(OCC#CCNC(=O)c2cc3ccccc3o2)cn1. The predicted octanol–water partition coefficient (Wildman–Crippen LogP) is 2.95. The highest BCUT2D eigenvalue weighted by molar-refractivity contribution is 5.96. The Morgan fingerprint density at radius 3 is 2.92 bits per heavy atom. The van der Waals surface area contributed by atoms with Crippen LogP contribution in [0, 0.1) is 18.8 Å². The van der Waals surface area contributed by atoms with E-state index in [1.54, 1.807) is 12.3 Å². The Hall–Kier alpha value is -3.26. The number of pyridine rings is 1. The van der Waals surface area contributed by atoms with Crippen molar-refractivity contribution in [1.82, 2.24) is 10.3 Å². The third-order valence-electron chi connectivity index (χ3n) is 3.31. The van der Waals surface area contributed by atoms with Crippen LogP contribution in [0.3, 0.4) is 0 Å². The summed E-state index contributed by atoms with van der Waals surface area (Å²) in [6, 6.07) is 12.9. The highest BCUT2D eigenvalue weighted by atomic mass is 16.5. The summed E-state index contributed by atoms with van der Waals surface area (Å²) in [5, 5.41) is 3.59. The van der Waals surface area contributed by atoms with Gasteiger partial charge in [0.25, 0.3) is 5.91 Å². The van der Waals surface area contributed by atoms with E-state index in [0.29, 0.717) is 11.3 Å². The van der Waals surface area contributed by atoms with Crippen LogP contribution in [-0.2, 0) is 0 Å². The zero-order valence-corrected chi connectivity index (χ0v) is 13.2. The van der Waals surface area contributed by atoms with Gasteiger partial charge in [-0.25, -0.2) is 0 Å². The molecule has 2 heterocycles. The number of ether oxygens (including phenoxy) is 1. The van der Waals surface area contributed by atoms with Crippen molar-refractivity contribution in [2.75, 3.05) is 13.2 Å². The van der Waals surface area contributed by atoms with Crippen LogP contribution in [0.4, 0.5) is 0 Å². The normalized spacial score (nSPS) is 10.0. The van der Waals surface area contributed by atoms with E-state index < -0.39 is 0 Å². The van der Waals surface area contributed by atoms with Crippen LogP contribution in [0.1, 0.15) is 16.2 Å². The van der Waals surface area contributed by atoms with Crippen LogP contribution < -0.4 is 10.1 Å². The molecule has 0 aliphatic rings. The Morgan fingerprint density at radius 1 is 1.25 bits per heavy atom. The van der Waals surface area contributed by atoms with Gasteiger partial charge in [0.1, 0.15) is 17.9 Å². The fourth-order valence-electron chi connectivity index (χ4n) is 2.08. The van der Waals surface area contributed by atoms with Crippen molar-refractivity contribution in [3.63, 3.8) is 0 Å². The Labute approximate surface area is 139 Å². The van der Waals surface area contributed by atoms with E-state index in [0.717, 1.165) is 11.1 Å². The second kappa shape index (κ2) is 7.34. The summed E-state index contributed by atoms with van der Waals surface area (Å²) in [7, 11) is 0. The molecule has 0 radical (unpaired) electrons. The second-order valence-corrected chi connectivity index (χ2v) is 5.11. The number of nitrogens with one attached hydrogen (secondary N) is 1. The third-order valence-corrected chi connectivity index (χ3v) is 3.31. The van der Waals surface area contributed by atoms with E-state index in [4.69, 9.17) is 9.15 Å². The van der Waals surface area contributed by atoms with Crippen LogP contribution in [0.15, 0.2) is 53.1 Å². The summed E-state index contributed by atoms with van der Waals surface area (Å²) in [6.45, 7) is 2.38. The minimum atomic E-state index is -0.288. The van der Waals surface area contributed by atoms with Crippen molar-refractivity contribution in [2.24, 2.45) is 0 Å². The number of aromatic nitrogens is 1. The van der Waals surface area contributed by atoms with Crippen molar-refractivity contribution in [1.29, 1.82) is 0 Å². The monoisotopic (exact) mass is 320 g/mol. The Bertz CT molecular complexity index is 869. The van der Waals surface area contributed by atoms with Crippen molar-refractivity contribution >= 4 is 16.9 Å². The summed E-state index contributed by atoms with van der Waals surface area (Å²) in [4.78, 5) is 16.1. The molecule has 1 aromatic carbocycles. The molecule has 0 atom stereocenters. The average Bonchev–Trinajstić information content (AvgIpc) is 3.03. The molecule has 1 amide bonds. The highest BCUT2D eigenvalue weighted by Crippen LogP contribution is 2.18. The molecule has 5 nitrogen and oxygen atoms in total. The molecule has 5 heteroatoms. The first-order chi connectivity index (χ1) is 11.7. The second-order valence-electron chi connectivity index (χ2n) is 5.11. The molecule has 0 spiro atoms.